The molecule has 0 spiro atoms. The van der Waals surface area contributed by atoms with Gasteiger partial charge in [-0.3, -0.25) is 4.79 Å². The lowest BCUT2D eigenvalue weighted by molar-refractivity contribution is 0.0950. The first-order valence-electron chi connectivity index (χ1n) is 4.95. The number of aryl methyl sites for hydroxylation is 1. The third-order valence-corrected chi connectivity index (χ3v) is 3.22. The van der Waals surface area contributed by atoms with Gasteiger partial charge in [0.05, 0.1) is 6.54 Å². The normalized spacial score (nSPS) is 10.4. The zero-order chi connectivity index (χ0) is 13.1. The maximum Gasteiger partial charge on any atom is 0.251 e. The van der Waals surface area contributed by atoms with Crippen LogP contribution in [0.1, 0.15) is 20.4 Å². The third kappa shape index (κ3) is 3.38. The topological polar surface area (TPSA) is 67.8 Å². The molecule has 1 amide bonds. The average molecular weight is 303 g/mol. The van der Waals surface area contributed by atoms with E-state index in [0.717, 1.165) is 10.0 Å². The first-order valence-corrected chi connectivity index (χ1v) is 6.52. The largest absolute Gasteiger partial charge is 0.345 e. The van der Waals surface area contributed by atoms with Gasteiger partial charge in [-0.25, -0.2) is 4.98 Å². The molecule has 2 aromatic rings. The highest BCUT2D eigenvalue weighted by molar-refractivity contribution is 7.11. The summed E-state index contributed by atoms with van der Waals surface area (Å²) in [4.78, 5) is 15.6. The second kappa shape index (κ2) is 5.60. The summed E-state index contributed by atoms with van der Waals surface area (Å²) < 4.78 is 0. The molecule has 0 fully saturated rings. The molecule has 0 saturated carbocycles. The van der Waals surface area contributed by atoms with Crippen molar-refractivity contribution in [3.8, 4) is 0 Å². The summed E-state index contributed by atoms with van der Waals surface area (Å²) in [5.41, 5.74) is 0.362. The van der Waals surface area contributed by atoms with E-state index in [1.807, 2.05) is 6.92 Å². The van der Waals surface area contributed by atoms with E-state index in [9.17, 15) is 4.79 Å². The van der Waals surface area contributed by atoms with Crippen molar-refractivity contribution in [2.45, 2.75) is 13.5 Å². The lowest BCUT2D eigenvalue weighted by Crippen LogP contribution is -2.22. The van der Waals surface area contributed by atoms with Crippen molar-refractivity contribution in [1.82, 2.24) is 20.5 Å². The Hall–Kier alpha value is -1.24. The molecule has 0 aliphatic carbocycles. The van der Waals surface area contributed by atoms with Crippen molar-refractivity contribution >= 4 is 40.4 Å². The maximum absolute atomic E-state index is 11.8. The van der Waals surface area contributed by atoms with E-state index < -0.39 is 0 Å². The second-order valence-corrected chi connectivity index (χ2v) is 5.44. The fraction of sp³-hybridized carbons (Fsp3) is 0.200. The van der Waals surface area contributed by atoms with Gasteiger partial charge in [0, 0.05) is 5.56 Å². The van der Waals surface area contributed by atoms with Crippen LogP contribution in [-0.4, -0.2) is 21.1 Å². The van der Waals surface area contributed by atoms with Crippen LogP contribution >= 0.6 is 34.5 Å². The van der Waals surface area contributed by atoms with Crippen molar-refractivity contribution in [1.29, 1.82) is 0 Å². The van der Waals surface area contributed by atoms with Crippen molar-refractivity contribution in [2.75, 3.05) is 0 Å². The van der Waals surface area contributed by atoms with Crippen LogP contribution in [0.5, 0.6) is 0 Å². The first kappa shape index (κ1) is 13.2. The van der Waals surface area contributed by atoms with Crippen LogP contribution in [0.3, 0.4) is 0 Å². The number of amides is 1. The average Bonchev–Trinajstić information content (AvgIpc) is 2.70. The number of aromatic nitrogens is 3. The van der Waals surface area contributed by atoms with E-state index in [-0.39, 0.29) is 16.2 Å². The Balaban J connectivity index is 2.03. The summed E-state index contributed by atoms with van der Waals surface area (Å²) in [6.45, 7) is 2.17. The number of pyridine rings is 1. The van der Waals surface area contributed by atoms with Crippen LogP contribution in [0, 0.1) is 6.92 Å². The van der Waals surface area contributed by atoms with E-state index in [0.29, 0.717) is 12.1 Å². The number of nitrogens with zero attached hydrogens (tertiary/aromatic N) is 3. The van der Waals surface area contributed by atoms with Crippen molar-refractivity contribution in [2.24, 2.45) is 0 Å². The summed E-state index contributed by atoms with van der Waals surface area (Å²) in [5, 5.41) is 12.4. The van der Waals surface area contributed by atoms with E-state index >= 15 is 0 Å². The number of hydrogen-bond acceptors (Lipinski definition) is 5. The molecular formula is C10H8Cl2N4OS. The first-order chi connectivity index (χ1) is 8.54. The molecule has 0 aliphatic heterocycles. The SMILES string of the molecule is Cc1nnc(CNC(=O)c2cc(Cl)nc(Cl)c2)s1. The quantitative estimate of drug-likeness (QED) is 0.885. The van der Waals surface area contributed by atoms with Crippen LogP contribution in [0.4, 0.5) is 0 Å². The Kier molecular flexibility index (Phi) is 4.11. The number of halogens is 2. The molecule has 0 radical (unpaired) electrons. The molecular weight excluding hydrogens is 295 g/mol. The van der Waals surface area contributed by atoms with E-state index in [2.05, 4.69) is 20.5 Å². The Labute approximate surface area is 117 Å². The highest BCUT2D eigenvalue weighted by Crippen LogP contribution is 2.15. The van der Waals surface area contributed by atoms with Gasteiger partial charge in [0.15, 0.2) is 0 Å². The Morgan fingerprint density at radius 3 is 2.56 bits per heavy atom. The predicted octanol–water partition coefficient (Wildman–Crippen LogP) is 2.48. The van der Waals surface area contributed by atoms with Gasteiger partial charge < -0.3 is 5.32 Å². The van der Waals surface area contributed by atoms with Gasteiger partial charge in [-0.1, -0.05) is 34.5 Å². The zero-order valence-electron chi connectivity index (χ0n) is 9.28. The van der Waals surface area contributed by atoms with Gasteiger partial charge in [0.25, 0.3) is 5.91 Å². The minimum atomic E-state index is -0.283. The maximum atomic E-state index is 11.8. The Morgan fingerprint density at radius 2 is 2.00 bits per heavy atom. The van der Waals surface area contributed by atoms with Gasteiger partial charge in [0.2, 0.25) is 0 Å². The van der Waals surface area contributed by atoms with Gasteiger partial charge in [-0.05, 0) is 19.1 Å². The summed E-state index contributed by atoms with van der Waals surface area (Å²) >= 11 is 12.9. The lowest BCUT2D eigenvalue weighted by Gasteiger charge is -2.03. The highest BCUT2D eigenvalue weighted by Gasteiger charge is 2.09. The zero-order valence-corrected chi connectivity index (χ0v) is 11.6. The van der Waals surface area contributed by atoms with Crippen molar-refractivity contribution in [3.63, 3.8) is 0 Å². The molecule has 0 unspecified atom stereocenters. The summed E-state index contributed by atoms with van der Waals surface area (Å²) in [7, 11) is 0. The highest BCUT2D eigenvalue weighted by atomic mass is 35.5. The van der Waals surface area contributed by atoms with Crippen molar-refractivity contribution < 1.29 is 4.79 Å². The van der Waals surface area contributed by atoms with E-state index in [1.165, 1.54) is 23.5 Å². The molecule has 5 nitrogen and oxygen atoms in total. The molecule has 2 aromatic heterocycles. The molecule has 0 aromatic carbocycles. The van der Waals surface area contributed by atoms with Gasteiger partial charge >= 0.3 is 0 Å². The number of hydrogen-bond donors (Lipinski definition) is 1. The molecule has 2 heterocycles. The molecule has 0 bridgehead atoms. The van der Waals surface area contributed by atoms with E-state index in [4.69, 9.17) is 23.2 Å². The predicted molar refractivity (Wildman–Crippen MR) is 70.1 cm³/mol. The van der Waals surface area contributed by atoms with Crippen molar-refractivity contribution in [3.05, 3.63) is 38.0 Å². The monoisotopic (exact) mass is 302 g/mol. The van der Waals surface area contributed by atoms with Gasteiger partial charge in [-0.2, -0.15) is 0 Å². The fourth-order valence-corrected chi connectivity index (χ4v) is 2.37. The smallest absolute Gasteiger partial charge is 0.251 e. The molecule has 18 heavy (non-hydrogen) atoms. The molecule has 94 valence electrons. The third-order valence-electron chi connectivity index (χ3n) is 1.99. The Bertz CT molecular complexity index is 567. The van der Waals surface area contributed by atoms with Gasteiger partial charge in [0.1, 0.15) is 20.3 Å². The minimum Gasteiger partial charge on any atom is -0.345 e. The van der Waals surface area contributed by atoms with E-state index in [1.54, 1.807) is 0 Å². The van der Waals surface area contributed by atoms with Crippen LogP contribution in [0.15, 0.2) is 12.1 Å². The molecule has 2 rings (SSSR count). The summed E-state index contributed by atoms with van der Waals surface area (Å²) in [6, 6.07) is 2.90. The van der Waals surface area contributed by atoms with Crippen LogP contribution in [0.2, 0.25) is 10.3 Å². The molecule has 0 atom stereocenters. The molecule has 1 N–H and O–H groups in total. The Morgan fingerprint density at radius 1 is 1.33 bits per heavy atom. The minimum absolute atomic E-state index is 0.180. The number of carbonyl (C=O) groups excluding carboxylic acids is 1. The number of carbonyl (C=O) groups is 1. The van der Waals surface area contributed by atoms with Gasteiger partial charge in [-0.15, -0.1) is 10.2 Å². The number of nitrogens with one attached hydrogen (secondary N) is 1. The molecule has 0 saturated heterocycles. The van der Waals surface area contributed by atoms with Crippen LogP contribution in [-0.2, 0) is 6.54 Å². The lowest BCUT2D eigenvalue weighted by atomic mass is 10.2. The summed E-state index contributed by atoms with van der Waals surface area (Å²) in [5.74, 6) is -0.283. The summed E-state index contributed by atoms with van der Waals surface area (Å²) in [6.07, 6.45) is 0. The van der Waals surface area contributed by atoms with Crippen LogP contribution in [0.25, 0.3) is 0 Å². The second-order valence-electron chi connectivity index (χ2n) is 3.40. The molecule has 0 aliphatic rings. The standard InChI is InChI=1S/C10H8Cl2N4OS/c1-5-15-16-9(18-5)4-13-10(17)6-2-7(11)14-8(12)3-6/h2-3H,4H2,1H3,(H,13,17). The molecule has 8 heteroatoms. The van der Waals surface area contributed by atoms with Crippen LogP contribution < -0.4 is 5.32 Å². The fourth-order valence-electron chi connectivity index (χ4n) is 1.26. The number of rotatable bonds is 3.